The summed E-state index contributed by atoms with van der Waals surface area (Å²) in [6, 6.07) is 0. The highest BCUT2D eigenvalue weighted by atomic mass is 35.5. The molecule has 0 heterocycles. The molecule has 0 aromatic rings. The molecule has 0 spiro atoms. The van der Waals surface area contributed by atoms with Crippen LogP contribution in [0, 0.1) is 0 Å². The Labute approximate surface area is 91.9 Å². The molecule has 11 heavy (non-hydrogen) atoms. The minimum Gasteiger partial charge on any atom is -0.150 e. The first-order valence-electron chi connectivity index (χ1n) is 3.17. The minimum absolute atomic E-state index is 0.265. The van der Waals surface area contributed by atoms with Crippen molar-refractivity contribution in [1.82, 2.24) is 0 Å². The molecule has 0 aromatic carbocycles. The van der Waals surface area contributed by atoms with Crippen molar-refractivity contribution in [3.8, 4) is 0 Å². The smallest absolute Gasteiger partial charge is 0.0354 e. The van der Waals surface area contributed by atoms with Crippen LogP contribution in [0.1, 0.15) is 0 Å². The normalized spacial score (nSPS) is 11.5. The third kappa shape index (κ3) is 5.70. The zero-order chi connectivity index (χ0) is 8.69. The van der Waals surface area contributed by atoms with E-state index in [1.165, 1.54) is 0 Å². The van der Waals surface area contributed by atoms with E-state index >= 15 is 0 Å². The quantitative estimate of drug-likeness (QED) is 0.656. The van der Waals surface area contributed by atoms with Crippen LogP contribution in [0.4, 0.5) is 0 Å². The number of halogens is 4. The first kappa shape index (κ1) is 12.5. The van der Waals surface area contributed by atoms with E-state index in [-0.39, 0.29) is 10.5 Å². The Balaban J connectivity index is 3.58. The van der Waals surface area contributed by atoms with Crippen molar-refractivity contribution in [2.75, 3.05) is 23.5 Å². The van der Waals surface area contributed by atoms with Gasteiger partial charge in [0, 0.05) is 34.0 Å². The molecule has 0 radical (unpaired) electrons. The Bertz CT molecular complexity index is 72.7. The molecule has 5 heteroatoms. The average molecular weight is 256 g/mol. The molecule has 0 fully saturated rings. The minimum atomic E-state index is 0.265. The van der Waals surface area contributed by atoms with Gasteiger partial charge in [-0.1, -0.05) is 0 Å². The van der Waals surface area contributed by atoms with Gasteiger partial charge in [-0.15, -0.1) is 46.4 Å². The van der Waals surface area contributed by atoms with E-state index < -0.39 is 0 Å². The van der Waals surface area contributed by atoms with E-state index in [9.17, 15) is 0 Å². The third-order valence-corrected chi connectivity index (χ3v) is 4.73. The summed E-state index contributed by atoms with van der Waals surface area (Å²) >= 11 is 24.2. The Morgan fingerprint density at radius 2 is 1.00 bits per heavy atom. The molecule has 0 aliphatic rings. The lowest BCUT2D eigenvalue weighted by Crippen LogP contribution is -2.16. The van der Waals surface area contributed by atoms with Crippen LogP contribution in [0.3, 0.4) is 0 Å². The van der Waals surface area contributed by atoms with Crippen LogP contribution in [-0.2, 0) is 0 Å². The first-order valence-corrected chi connectivity index (χ1v) is 6.25. The number of alkyl halides is 4. The maximum Gasteiger partial charge on any atom is 0.0354 e. The summed E-state index contributed by atoms with van der Waals surface area (Å²) in [5, 5.41) is 0.529. The molecule has 0 unspecified atom stereocenters. The summed E-state index contributed by atoms with van der Waals surface area (Å²) in [4.78, 5) is 0. The van der Waals surface area contributed by atoms with E-state index in [0.717, 1.165) is 0 Å². The lowest BCUT2D eigenvalue weighted by atomic mass is 10.5. The fourth-order valence-corrected chi connectivity index (χ4v) is 2.87. The van der Waals surface area contributed by atoms with Crippen LogP contribution in [0.25, 0.3) is 0 Å². The van der Waals surface area contributed by atoms with Gasteiger partial charge in [-0.25, -0.2) is 0 Å². The topological polar surface area (TPSA) is 0 Å². The third-order valence-electron chi connectivity index (χ3n) is 1.07. The van der Waals surface area contributed by atoms with Crippen molar-refractivity contribution < 1.29 is 0 Å². The molecule has 0 N–H and O–H groups in total. The molecule has 0 saturated carbocycles. The highest BCUT2D eigenvalue weighted by Crippen LogP contribution is 2.22. The SMILES string of the molecule is ClCC(CCl)SC(CCl)CCl. The number of rotatable bonds is 6. The summed E-state index contributed by atoms with van der Waals surface area (Å²) < 4.78 is 0. The lowest BCUT2D eigenvalue weighted by Gasteiger charge is -2.15. The monoisotopic (exact) mass is 254 g/mol. The molecular weight excluding hydrogens is 246 g/mol. The van der Waals surface area contributed by atoms with Crippen LogP contribution in [0.2, 0.25) is 0 Å². The summed E-state index contributed by atoms with van der Waals surface area (Å²) in [6.45, 7) is 0. The van der Waals surface area contributed by atoms with E-state index in [0.29, 0.717) is 23.5 Å². The van der Waals surface area contributed by atoms with Gasteiger partial charge in [-0.3, -0.25) is 0 Å². The van der Waals surface area contributed by atoms with Crippen molar-refractivity contribution in [1.29, 1.82) is 0 Å². The van der Waals surface area contributed by atoms with Gasteiger partial charge < -0.3 is 0 Å². The van der Waals surface area contributed by atoms with E-state index in [2.05, 4.69) is 0 Å². The van der Waals surface area contributed by atoms with Crippen molar-refractivity contribution in [3.05, 3.63) is 0 Å². The van der Waals surface area contributed by atoms with E-state index in [1.807, 2.05) is 0 Å². The Kier molecular flexibility index (Phi) is 9.24. The van der Waals surface area contributed by atoms with Gasteiger partial charge in [0.15, 0.2) is 0 Å². The maximum atomic E-state index is 5.63. The molecule has 0 aliphatic carbocycles. The summed E-state index contributed by atoms with van der Waals surface area (Å²) in [7, 11) is 0. The van der Waals surface area contributed by atoms with Crippen LogP contribution in [0.5, 0.6) is 0 Å². The van der Waals surface area contributed by atoms with Crippen LogP contribution in [0.15, 0.2) is 0 Å². The van der Waals surface area contributed by atoms with E-state index in [1.54, 1.807) is 11.8 Å². The second kappa shape index (κ2) is 8.12. The average Bonchev–Trinajstić information content (AvgIpc) is 2.07. The van der Waals surface area contributed by atoms with Crippen LogP contribution < -0.4 is 0 Å². The zero-order valence-corrected chi connectivity index (χ0v) is 9.74. The van der Waals surface area contributed by atoms with Crippen molar-refractivity contribution in [3.63, 3.8) is 0 Å². The Hall–Kier alpha value is 1.51. The predicted molar refractivity (Wildman–Crippen MR) is 58.0 cm³/mol. The summed E-state index contributed by atoms with van der Waals surface area (Å²) in [5.41, 5.74) is 0. The zero-order valence-electron chi connectivity index (χ0n) is 5.90. The van der Waals surface area contributed by atoms with Crippen LogP contribution >= 0.6 is 58.2 Å². The fourth-order valence-electron chi connectivity index (χ4n) is 0.500. The second-order valence-corrected chi connectivity index (χ2v) is 4.84. The fraction of sp³-hybridized carbons (Fsp3) is 1.00. The van der Waals surface area contributed by atoms with Gasteiger partial charge in [0.1, 0.15) is 0 Å². The molecule has 0 amide bonds. The predicted octanol–water partition coefficient (Wildman–Crippen LogP) is 3.41. The largest absolute Gasteiger partial charge is 0.150 e. The first-order chi connectivity index (χ1) is 5.28. The second-order valence-electron chi connectivity index (χ2n) is 2.00. The number of hydrogen-bond donors (Lipinski definition) is 0. The number of thioether (sulfide) groups is 1. The maximum absolute atomic E-state index is 5.63. The summed E-state index contributed by atoms with van der Waals surface area (Å²) in [5.74, 6) is 2.22. The van der Waals surface area contributed by atoms with Crippen molar-refractivity contribution in [2.24, 2.45) is 0 Å². The highest BCUT2D eigenvalue weighted by Gasteiger charge is 2.13. The molecule has 0 aliphatic heterocycles. The molecule has 0 aromatic heterocycles. The van der Waals surface area contributed by atoms with Crippen LogP contribution in [-0.4, -0.2) is 34.0 Å². The van der Waals surface area contributed by atoms with Gasteiger partial charge in [0.25, 0.3) is 0 Å². The molecule has 0 saturated heterocycles. The Morgan fingerprint density at radius 3 is 1.18 bits per heavy atom. The highest BCUT2D eigenvalue weighted by molar-refractivity contribution is 8.00. The molecule has 0 rings (SSSR count). The lowest BCUT2D eigenvalue weighted by molar-refractivity contribution is 1.07. The van der Waals surface area contributed by atoms with Gasteiger partial charge >= 0.3 is 0 Å². The van der Waals surface area contributed by atoms with Gasteiger partial charge in [-0.2, -0.15) is 11.8 Å². The molecule has 0 bridgehead atoms. The van der Waals surface area contributed by atoms with Gasteiger partial charge in [-0.05, 0) is 0 Å². The van der Waals surface area contributed by atoms with E-state index in [4.69, 9.17) is 46.4 Å². The molecule has 0 atom stereocenters. The molecule has 0 nitrogen and oxygen atoms in total. The molecular formula is C6H10Cl4S. The number of hydrogen-bond acceptors (Lipinski definition) is 1. The van der Waals surface area contributed by atoms with Crippen molar-refractivity contribution >= 4 is 58.2 Å². The van der Waals surface area contributed by atoms with Gasteiger partial charge in [0.05, 0.1) is 0 Å². The summed E-state index contributed by atoms with van der Waals surface area (Å²) in [6.07, 6.45) is 0. The van der Waals surface area contributed by atoms with Gasteiger partial charge in [0.2, 0.25) is 0 Å². The molecule has 68 valence electrons. The van der Waals surface area contributed by atoms with Crippen molar-refractivity contribution in [2.45, 2.75) is 10.5 Å². The Morgan fingerprint density at radius 1 is 0.727 bits per heavy atom. The standard InChI is InChI=1S/C6H10Cl4S/c7-1-5(2-8)11-6(3-9)4-10/h5-6H,1-4H2.